The van der Waals surface area contributed by atoms with Gasteiger partial charge in [-0.15, -0.1) is 0 Å². The van der Waals surface area contributed by atoms with Crippen LogP contribution in [0, 0.1) is 12.7 Å². The largest absolute Gasteiger partial charge is 0.359 e. The molecule has 4 aromatic rings. The zero-order valence-corrected chi connectivity index (χ0v) is 24.9. The third-order valence-electron chi connectivity index (χ3n) is 8.02. The third kappa shape index (κ3) is 4.82. The van der Waals surface area contributed by atoms with Crippen LogP contribution in [-0.4, -0.2) is 68.2 Å². The molecule has 1 aromatic carbocycles. The van der Waals surface area contributed by atoms with Crippen LogP contribution in [0.15, 0.2) is 47.4 Å². The van der Waals surface area contributed by atoms with Crippen molar-refractivity contribution in [3.05, 3.63) is 75.2 Å². The summed E-state index contributed by atoms with van der Waals surface area (Å²) >= 11 is 6.79. The maximum Gasteiger partial charge on any atom is 0.355 e. The Labute approximate surface area is 247 Å². The zero-order valence-electron chi connectivity index (χ0n) is 24.1. The average Bonchev–Trinajstić information content (AvgIpc) is 3.69. The first-order chi connectivity index (χ1) is 20.1. The van der Waals surface area contributed by atoms with E-state index in [9.17, 15) is 14.0 Å². The van der Waals surface area contributed by atoms with E-state index >= 15 is 0 Å². The second-order valence-corrected chi connectivity index (χ2v) is 11.7. The SMILES string of the molecule is Cc1ccnc(C(C)C)c1-n1c(=O)nc(N2CCN(C(=O)[C@H]3O[C@@H]3C)CC2C)c2cc(Cl)c(-c3ccccc3F)nc21. The van der Waals surface area contributed by atoms with Crippen LogP contribution in [0.5, 0.6) is 0 Å². The zero-order chi connectivity index (χ0) is 29.9. The molecular weight excluding hydrogens is 559 g/mol. The minimum Gasteiger partial charge on any atom is -0.359 e. The molecule has 2 aliphatic heterocycles. The van der Waals surface area contributed by atoms with Gasteiger partial charge >= 0.3 is 5.69 Å². The van der Waals surface area contributed by atoms with Gasteiger partial charge in [0.15, 0.2) is 11.8 Å². The summed E-state index contributed by atoms with van der Waals surface area (Å²) in [5.74, 6) is -0.0688. The minimum atomic E-state index is -0.532. The topological polar surface area (TPSA) is 96.8 Å². The molecule has 5 heterocycles. The second kappa shape index (κ2) is 10.7. The number of benzene rings is 1. The van der Waals surface area contributed by atoms with Gasteiger partial charge < -0.3 is 14.5 Å². The molecule has 3 aromatic heterocycles. The lowest BCUT2D eigenvalue weighted by atomic mass is 10.0. The van der Waals surface area contributed by atoms with Gasteiger partial charge in [-0.3, -0.25) is 9.78 Å². The van der Waals surface area contributed by atoms with Crippen molar-refractivity contribution >= 4 is 34.4 Å². The summed E-state index contributed by atoms with van der Waals surface area (Å²) in [5.41, 5.74) is 2.36. The molecule has 0 bridgehead atoms. The summed E-state index contributed by atoms with van der Waals surface area (Å²) < 4.78 is 21.8. The lowest BCUT2D eigenvalue weighted by Gasteiger charge is -2.40. The summed E-state index contributed by atoms with van der Waals surface area (Å²) in [7, 11) is 0. The van der Waals surface area contributed by atoms with Gasteiger partial charge in [0.25, 0.3) is 5.91 Å². The van der Waals surface area contributed by atoms with Gasteiger partial charge in [-0.2, -0.15) is 4.98 Å². The lowest BCUT2D eigenvalue weighted by molar-refractivity contribution is -0.133. The molecule has 0 spiro atoms. The Kier molecular flexibility index (Phi) is 7.22. The molecule has 2 aliphatic rings. The molecule has 9 nitrogen and oxygen atoms in total. The highest BCUT2D eigenvalue weighted by Gasteiger charge is 2.45. The highest BCUT2D eigenvalue weighted by Crippen LogP contribution is 2.36. The molecule has 0 radical (unpaired) electrons. The van der Waals surface area contributed by atoms with Crippen molar-refractivity contribution in [3.63, 3.8) is 0 Å². The number of carbonyl (C=O) groups is 1. The molecule has 0 saturated carbocycles. The smallest absolute Gasteiger partial charge is 0.355 e. The fourth-order valence-corrected chi connectivity index (χ4v) is 6.00. The van der Waals surface area contributed by atoms with E-state index in [1.54, 1.807) is 35.4 Å². The first kappa shape index (κ1) is 28.2. The Morgan fingerprint density at radius 3 is 2.55 bits per heavy atom. The van der Waals surface area contributed by atoms with Crippen LogP contribution in [0.25, 0.3) is 28.0 Å². The van der Waals surface area contributed by atoms with E-state index in [-0.39, 0.29) is 46.4 Å². The number of amides is 1. The van der Waals surface area contributed by atoms with Crippen molar-refractivity contribution in [3.8, 4) is 16.9 Å². The Balaban J connectivity index is 1.56. The van der Waals surface area contributed by atoms with Gasteiger partial charge in [0.2, 0.25) is 0 Å². The number of aromatic nitrogens is 4. The van der Waals surface area contributed by atoms with E-state index in [1.807, 2.05) is 45.6 Å². The second-order valence-electron chi connectivity index (χ2n) is 11.3. The van der Waals surface area contributed by atoms with Crippen LogP contribution in [0.1, 0.15) is 44.9 Å². The van der Waals surface area contributed by atoms with Crippen LogP contribution in [-0.2, 0) is 9.53 Å². The van der Waals surface area contributed by atoms with Crippen molar-refractivity contribution in [2.75, 3.05) is 24.5 Å². The van der Waals surface area contributed by atoms with Crippen LogP contribution in [0.3, 0.4) is 0 Å². The van der Waals surface area contributed by atoms with Crippen LogP contribution in [0.4, 0.5) is 10.2 Å². The highest BCUT2D eigenvalue weighted by atomic mass is 35.5. The molecular formula is C31H32ClFN6O3. The number of hydrogen-bond donors (Lipinski definition) is 0. The van der Waals surface area contributed by atoms with Gasteiger partial charge in [0.1, 0.15) is 11.6 Å². The van der Waals surface area contributed by atoms with Crippen molar-refractivity contribution in [1.29, 1.82) is 0 Å². The summed E-state index contributed by atoms with van der Waals surface area (Å²) in [6.07, 6.45) is 1.27. The van der Waals surface area contributed by atoms with Gasteiger partial charge in [-0.05, 0) is 56.5 Å². The number of nitrogens with zero attached hydrogens (tertiary/aromatic N) is 6. The number of fused-ring (bicyclic) bond motifs is 1. The Bertz CT molecular complexity index is 1780. The highest BCUT2D eigenvalue weighted by molar-refractivity contribution is 6.33. The summed E-state index contributed by atoms with van der Waals surface area (Å²) in [6.45, 7) is 11.1. The number of rotatable bonds is 5. The Hall–Kier alpha value is -3.89. The number of hydrogen-bond acceptors (Lipinski definition) is 7. The number of aryl methyl sites for hydroxylation is 1. The first-order valence-corrected chi connectivity index (χ1v) is 14.5. The molecule has 6 rings (SSSR count). The van der Waals surface area contributed by atoms with E-state index in [4.69, 9.17) is 21.3 Å². The number of epoxide rings is 1. The van der Waals surface area contributed by atoms with Crippen molar-refractivity contribution in [2.45, 2.75) is 58.8 Å². The molecule has 11 heteroatoms. The Morgan fingerprint density at radius 1 is 1.14 bits per heavy atom. The minimum absolute atomic E-state index is 0.00340. The molecule has 1 amide bonds. The van der Waals surface area contributed by atoms with Gasteiger partial charge in [0, 0.05) is 37.4 Å². The summed E-state index contributed by atoms with van der Waals surface area (Å²) in [4.78, 5) is 44.7. The first-order valence-electron chi connectivity index (χ1n) is 14.1. The molecule has 218 valence electrons. The van der Waals surface area contributed by atoms with Gasteiger partial charge in [-0.25, -0.2) is 18.7 Å². The maximum atomic E-state index is 15.0. The fourth-order valence-electron chi connectivity index (χ4n) is 5.75. The van der Waals surface area contributed by atoms with Crippen LogP contribution >= 0.6 is 11.6 Å². The fraction of sp³-hybridized carbons (Fsp3) is 0.387. The molecule has 3 atom stereocenters. The number of piperazine rings is 1. The predicted octanol–water partition coefficient (Wildman–Crippen LogP) is 4.89. The van der Waals surface area contributed by atoms with Crippen molar-refractivity contribution < 1.29 is 13.9 Å². The van der Waals surface area contributed by atoms with Crippen molar-refractivity contribution in [2.24, 2.45) is 0 Å². The van der Waals surface area contributed by atoms with E-state index in [0.29, 0.717) is 47.9 Å². The molecule has 2 fully saturated rings. The number of pyridine rings is 2. The molecule has 42 heavy (non-hydrogen) atoms. The van der Waals surface area contributed by atoms with Crippen LogP contribution < -0.4 is 10.6 Å². The molecule has 0 N–H and O–H groups in total. The number of halogens is 2. The maximum absolute atomic E-state index is 15.0. The van der Waals surface area contributed by atoms with E-state index in [1.165, 1.54) is 10.6 Å². The average molecular weight is 591 g/mol. The molecule has 0 aliphatic carbocycles. The summed E-state index contributed by atoms with van der Waals surface area (Å²) in [6, 6.07) is 9.65. The molecule has 1 unspecified atom stereocenters. The van der Waals surface area contributed by atoms with Gasteiger partial charge in [0.05, 0.1) is 33.6 Å². The predicted molar refractivity (Wildman–Crippen MR) is 160 cm³/mol. The lowest BCUT2D eigenvalue weighted by Crippen LogP contribution is -2.55. The van der Waals surface area contributed by atoms with Crippen molar-refractivity contribution in [1.82, 2.24) is 24.4 Å². The van der Waals surface area contributed by atoms with E-state index in [0.717, 1.165) is 5.56 Å². The Morgan fingerprint density at radius 2 is 1.88 bits per heavy atom. The summed E-state index contributed by atoms with van der Waals surface area (Å²) in [5, 5.41) is 0.776. The number of ether oxygens (including phenoxy) is 1. The van der Waals surface area contributed by atoms with Crippen LogP contribution in [0.2, 0.25) is 5.02 Å². The standard InChI is InChI=1S/C31H32ClFN6O3/c1-16(2)24-26(17(3)10-11-34-24)39-29-21(14-22(32)25(35-29)20-8-6-7-9-23(20)33)28(36-31(39)41)38-13-12-37(15-18(38)4)30(40)27-19(5)42-27/h6-11,14,16,18-19,27H,12-13,15H2,1-5H3/t18?,19-,27+/m1/s1. The van der Waals surface area contributed by atoms with Gasteiger partial charge in [-0.1, -0.05) is 37.6 Å². The number of anilines is 1. The molecule has 2 saturated heterocycles. The monoisotopic (exact) mass is 590 g/mol. The van der Waals surface area contributed by atoms with E-state index < -0.39 is 11.5 Å². The number of carbonyl (C=O) groups excluding carboxylic acids is 1. The normalized spacial score (nSPS) is 20.4. The quantitative estimate of drug-likeness (QED) is 0.305. The van der Waals surface area contributed by atoms with E-state index in [2.05, 4.69) is 9.97 Å². The third-order valence-corrected chi connectivity index (χ3v) is 8.31.